The standard InChI is InChI=1S/C18H29N3/c1-3-10-19-15(2)17-6-4-5-7-18(17)21-13-11-20(12-14-21)16-8-9-16/h4-7,15-16,19H,3,8-14H2,1-2H3. The molecular formula is C18H29N3. The Morgan fingerprint density at radius 1 is 1.14 bits per heavy atom. The molecule has 1 unspecified atom stereocenters. The molecule has 1 aromatic carbocycles. The first-order valence-corrected chi connectivity index (χ1v) is 8.61. The average molecular weight is 287 g/mol. The minimum atomic E-state index is 0.433. The van der Waals surface area contributed by atoms with Gasteiger partial charge < -0.3 is 10.2 Å². The maximum atomic E-state index is 3.63. The zero-order chi connectivity index (χ0) is 14.7. The lowest BCUT2D eigenvalue weighted by molar-refractivity contribution is 0.248. The van der Waals surface area contributed by atoms with E-state index in [-0.39, 0.29) is 0 Å². The Kier molecular flexibility index (Phi) is 4.81. The molecule has 0 radical (unpaired) electrons. The summed E-state index contributed by atoms with van der Waals surface area (Å²) in [6, 6.07) is 10.3. The van der Waals surface area contributed by atoms with E-state index in [2.05, 4.69) is 53.2 Å². The largest absolute Gasteiger partial charge is 0.369 e. The van der Waals surface area contributed by atoms with E-state index in [1.54, 1.807) is 0 Å². The summed E-state index contributed by atoms with van der Waals surface area (Å²) in [5, 5.41) is 3.63. The van der Waals surface area contributed by atoms with Crippen LogP contribution < -0.4 is 10.2 Å². The van der Waals surface area contributed by atoms with Crippen molar-refractivity contribution >= 4 is 5.69 Å². The molecule has 1 N–H and O–H groups in total. The zero-order valence-corrected chi connectivity index (χ0v) is 13.5. The van der Waals surface area contributed by atoms with E-state index in [4.69, 9.17) is 0 Å². The minimum Gasteiger partial charge on any atom is -0.369 e. The Labute approximate surface area is 129 Å². The van der Waals surface area contributed by atoms with Crippen LogP contribution in [0.2, 0.25) is 0 Å². The van der Waals surface area contributed by atoms with Crippen molar-refractivity contribution < 1.29 is 0 Å². The van der Waals surface area contributed by atoms with Crippen LogP contribution in [0, 0.1) is 0 Å². The number of nitrogens with zero attached hydrogens (tertiary/aromatic N) is 2. The van der Waals surface area contributed by atoms with Gasteiger partial charge in [0.15, 0.2) is 0 Å². The summed E-state index contributed by atoms with van der Waals surface area (Å²) in [7, 11) is 0. The maximum Gasteiger partial charge on any atom is 0.0415 e. The van der Waals surface area contributed by atoms with Crippen molar-refractivity contribution in [1.82, 2.24) is 10.2 Å². The Balaban J connectivity index is 1.67. The summed E-state index contributed by atoms with van der Waals surface area (Å²) in [4.78, 5) is 5.26. The zero-order valence-electron chi connectivity index (χ0n) is 13.5. The van der Waals surface area contributed by atoms with Crippen LogP contribution in [-0.2, 0) is 0 Å². The summed E-state index contributed by atoms with van der Waals surface area (Å²) < 4.78 is 0. The maximum absolute atomic E-state index is 3.63. The van der Waals surface area contributed by atoms with Gasteiger partial charge in [-0.1, -0.05) is 25.1 Å². The van der Waals surface area contributed by atoms with Gasteiger partial charge >= 0.3 is 0 Å². The summed E-state index contributed by atoms with van der Waals surface area (Å²) in [6.45, 7) is 10.4. The predicted octanol–water partition coefficient (Wildman–Crippen LogP) is 3.03. The Morgan fingerprint density at radius 2 is 1.86 bits per heavy atom. The van der Waals surface area contributed by atoms with Crippen molar-refractivity contribution in [2.24, 2.45) is 0 Å². The monoisotopic (exact) mass is 287 g/mol. The number of anilines is 1. The highest BCUT2D eigenvalue weighted by atomic mass is 15.3. The third-order valence-corrected chi connectivity index (χ3v) is 4.82. The molecule has 3 rings (SSSR count). The van der Waals surface area contributed by atoms with Gasteiger partial charge in [0.25, 0.3) is 0 Å². The second-order valence-electron chi connectivity index (χ2n) is 6.49. The van der Waals surface area contributed by atoms with Crippen LogP contribution in [0.1, 0.15) is 44.7 Å². The molecule has 1 atom stereocenters. The molecular weight excluding hydrogens is 258 g/mol. The molecule has 1 aromatic rings. The molecule has 0 amide bonds. The van der Waals surface area contributed by atoms with Crippen molar-refractivity contribution in [1.29, 1.82) is 0 Å². The van der Waals surface area contributed by atoms with Crippen LogP contribution in [0.3, 0.4) is 0 Å². The van der Waals surface area contributed by atoms with Crippen molar-refractivity contribution in [3.63, 3.8) is 0 Å². The average Bonchev–Trinajstić information content (AvgIpc) is 3.38. The highest BCUT2D eigenvalue weighted by molar-refractivity contribution is 5.55. The number of benzene rings is 1. The van der Waals surface area contributed by atoms with Crippen LogP contribution in [0.25, 0.3) is 0 Å². The first kappa shape index (κ1) is 14.9. The number of rotatable bonds is 6. The fraction of sp³-hybridized carbons (Fsp3) is 0.667. The second-order valence-corrected chi connectivity index (χ2v) is 6.49. The van der Waals surface area contributed by atoms with Crippen LogP contribution in [0.5, 0.6) is 0 Å². The Bertz CT molecular complexity index is 448. The van der Waals surface area contributed by atoms with Gasteiger partial charge in [-0.3, -0.25) is 4.90 Å². The molecule has 1 saturated carbocycles. The van der Waals surface area contributed by atoms with Crippen molar-refractivity contribution in [3.05, 3.63) is 29.8 Å². The quantitative estimate of drug-likeness (QED) is 0.867. The molecule has 2 fully saturated rings. The molecule has 0 aromatic heterocycles. The van der Waals surface area contributed by atoms with Gasteiger partial charge in [0.05, 0.1) is 0 Å². The molecule has 1 saturated heterocycles. The van der Waals surface area contributed by atoms with E-state index in [1.165, 1.54) is 56.7 Å². The van der Waals surface area contributed by atoms with Crippen LogP contribution >= 0.6 is 0 Å². The van der Waals surface area contributed by atoms with Gasteiger partial charge in [0, 0.05) is 44.0 Å². The number of hydrogen-bond donors (Lipinski definition) is 1. The Morgan fingerprint density at radius 3 is 2.52 bits per heavy atom. The van der Waals surface area contributed by atoms with E-state index >= 15 is 0 Å². The lowest BCUT2D eigenvalue weighted by Gasteiger charge is -2.37. The van der Waals surface area contributed by atoms with E-state index in [0.717, 1.165) is 12.6 Å². The van der Waals surface area contributed by atoms with Crippen molar-refractivity contribution in [2.45, 2.75) is 45.2 Å². The van der Waals surface area contributed by atoms with Crippen LogP contribution in [0.15, 0.2) is 24.3 Å². The number of para-hydroxylation sites is 1. The van der Waals surface area contributed by atoms with Gasteiger partial charge in [-0.2, -0.15) is 0 Å². The van der Waals surface area contributed by atoms with Gasteiger partial charge in [0.1, 0.15) is 0 Å². The van der Waals surface area contributed by atoms with Gasteiger partial charge in [-0.05, 0) is 44.4 Å². The number of piperazine rings is 1. The summed E-state index contributed by atoms with van der Waals surface area (Å²) >= 11 is 0. The molecule has 21 heavy (non-hydrogen) atoms. The van der Waals surface area contributed by atoms with Gasteiger partial charge in [-0.15, -0.1) is 0 Å². The highest BCUT2D eigenvalue weighted by Gasteiger charge is 2.31. The molecule has 1 heterocycles. The molecule has 2 aliphatic rings. The SMILES string of the molecule is CCCNC(C)c1ccccc1N1CCN(C2CC2)CC1. The van der Waals surface area contributed by atoms with Crippen molar-refractivity contribution in [2.75, 3.05) is 37.6 Å². The number of hydrogen-bond acceptors (Lipinski definition) is 3. The molecule has 3 heteroatoms. The molecule has 3 nitrogen and oxygen atoms in total. The summed E-state index contributed by atoms with van der Waals surface area (Å²) in [5.41, 5.74) is 2.88. The van der Waals surface area contributed by atoms with E-state index in [0.29, 0.717) is 6.04 Å². The fourth-order valence-electron chi connectivity index (χ4n) is 3.38. The third-order valence-electron chi connectivity index (χ3n) is 4.82. The highest BCUT2D eigenvalue weighted by Crippen LogP contribution is 2.31. The normalized spacial score (nSPS) is 21.5. The van der Waals surface area contributed by atoms with E-state index in [9.17, 15) is 0 Å². The third kappa shape index (κ3) is 3.58. The van der Waals surface area contributed by atoms with Crippen LogP contribution in [0.4, 0.5) is 5.69 Å². The first-order chi connectivity index (χ1) is 10.3. The molecule has 0 spiro atoms. The minimum absolute atomic E-state index is 0.433. The van der Waals surface area contributed by atoms with E-state index in [1.807, 2.05) is 0 Å². The predicted molar refractivity (Wildman–Crippen MR) is 90.0 cm³/mol. The topological polar surface area (TPSA) is 18.5 Å². The van der Waals surface area contributed by atoms with Gasteiger partial charge in [-0.25, -0.2) is 0 Å². The Hall–Kier alpha value is -1.06. The molecule has 0 bridgehead atoms. The molecule has 1 aliphatic heterocycles. The lowest BCUT2D eigenvalue weighted by atomic mass is 10.0. The number of nitrogens with one attached hydrogen (secondary N) is 1. The van der Waals surface area contributed by atoms with E-state index < -0.39 is 0 Å². The molecule has 1 aliphatic carbocycles. The fourth-order valence-corrected chi connectivity index (χ4v) is 3.38. The lowest BCUT2D eigenvalue weighted by Crippen LogP contribution is -2.47. The van der Waals surface area contributed by atoms with Crippen molar-refractivity contribution in [3.8, 4) is 0 Å². The first-order valence-electron chi connectivity index (χ1n) is 8.61. The van der Waals surface area contributed by atoms with Crippen LogP contribution in [-0.4, -0.2) is 43.7 Å². The van der Waals surface area contributed by atoms with Gasteiger partial charge in [0.2, 0.25) is 0 Å². The smallest absolute Gasteiger partial charge is 0.0415 e. The molecule has 116 valence electrons. The summed E-state index contributed by atoms with van der Waals surface area (Å²) in [6.07, 6.45) is 4.04. The summed E-state index contributed by atoms with van der Waals surface area (Å²) in [5.74, 6) is 0. The second kappa shape index (κ2) is 6.80.